The summed E-state index contributed by atoms with van der Waals surface area (Å²) in [5, 5.41) is 24.2. The maximum absolute atomic E-state index is 10.9. The molecule has 4 atom stereocenters. The van der Waals surface area contributed by atoms with Crippen LogP contribution < -0.4 is 5.14 Å². The van der Waals surface area contributed by atoms with Crippen LogP contribution in [-0.4, -0.2) is 61.7 Å². The highest BCUT2D eigenvalue weighted by Gasteiger charge is 2.61. The van der Waals surface area contributed by atoms with Gasteiger partial charge in [-0.15, -0.1) is 0 Å². The van der Waals surface area contributed by atoms with E-state index in [4.69, 9.17) is 19.3 Å². The molecule has 2 saturated heterocycles. The standard InChI is InChI=1S/C9H17NO8S/c1-8(2)17-7-6(12)5(11)3-15-9(7,18-8)4-16-19(10,13)14/h5-7,11-12H,3-4H2,1-2H3,(H2,10,13,14)/t5?,6?,7?,9-/m0/s1. The third-order valence-corrected chi connectivity index (χ3v) is 3.34. The molecule has 2 aliphatic rings. The third-order valence-electron chi connectivity index (χ3n) is 2.89. The van der Waals surface area contributed by atoms with E-state index < -0.39 is 46.8 Å². The molecule has 0 aromatic heterocycles. The lowest BCUT2D eigenvalue weighted by Crippen LogP contribution is -2.61. The van der Waals surface area contributed by atoms with E-state index in [0.29, 0.717) is 0 Å². The summed E-state index contributed by atoms with van der Waals surface area (Å²) < 4.78 is 42.4. The van der Waals surface area contributed by atoms with Crippen molar-refractivity contribution in [1.82, 2.24) is 0 Å². The molecule has 112 valence electrons. The topological polar surface area (TPSA) is 138 Å². The minimum absolute atomic E-state index is 0.245. The number of hydrogen-bond donors (Lipinski definition) is 3. The number of rotatable bonds is 3. The van der Waals surface area contributed by atoms with Crippen LogP contribution in [-0.2, 0) is 28.7 Å². The molecule has 2 aliphatic heterocycles. The highest BCUT2D eigenvalue weighted by atomic mass is 32.2. The SMILES string of the molecule is CC1(C)OC2C(O)C(O)CO[C@@]2(COS(N)(=O)=O)O1. The summed E-state index contributed by atoms with van der Waals surface area (Å²) in [6, 6.07) is 0. The van der Waals surface area contributed by atoms with Crippen molar-refractivity contribution < 1.29 is 37.0 Å². The molecular weight excluding hydrogens is 282 g/mol. The van der Waals surface area contributed by atoms with Crippen LogP contribution in [0, 0.1) is 0 Å². The Morgan fingerprint density at radius 1 is 1.42 bits per heavy atom. The molecule has 19 heavy (non-hydrogen) atoms. The van der Waals surface area contributed by atoms with Crippen LogP contribution in [0.2, 0.25) is 0 Å². The van der Waals surface area contributed by atoms with Crippen LogP contribution in [0.25, 0.3) is 0 Å². The lowest BCUT2D eigenvalue weighted by Gasteiger charge is -2.40. The van der Waals surface area contributed by atoms with Crippen molar-refractivity contribution in [2.45, 2.75) is 43.7 Å². The van der Waals surface area contributed by atoms with Crippen molar-refractivity contribution in [2.24, 2.45) is 5.14 Å². The Labute approximate surface area is 110 Å². The van der Waals surface area contributed by atoms with Gasteiger partial charge in [-0.05, 0) is 13.8 Å². The smallest absolute Gasteiger partial charge is 0.333 e. The Hall–Kier alpha value is -0.330. The van der Waals surface area contributed by atoms with E-state index in [-0.39, 0.29) is 6.61 Å². The fourth-order valence-electron chi connectivity index (χ4n) is 2.18. The molecule has 0 aliphatic carbocycles. The molecule has 3 unspecified atom stereocenters. The minimum atomic E-state index is -4.20. The maximum atomic E-state index is 10.9. The number of hydrogen-bond acceptors (Lipinski definition) is 8. The fraction of sp³-hybridized carbons (Fsp3) is 1.00. The van der Waals surface area contributed by atoms with Crippen molar-refractivity contribution in [3.63, 3.8) is 0 Å². The maximum Gasteiger partial charge on any atom is 0.333 e. The number of aliphatic hydroxyl groups is 2. The average molecular weight is 299 g/mol. The zero-order valence-electron chi connectivity index (χ0n) is 10.5. The molecule has 2 fully saturated rings. The molecule has 0 amide bonds. The van der Waals surface area contributed by atoms with Crippen LogP contribution in [0.3, 0.4) is 0 Å². The zero-order valence-corrected chi connectivity index (χ0v) is 11.3. The fourth-order valence-corrected chi connectivity index (χ4v) is 2.51. The molecule has 0 saturated carbocycles. The van der Waals surface area contributed by atoms with Gasteiger partial charge in [0.25, 0.3) is 0 Å². The van der Waals surface area contributed by atoms with Crippen molar-refractivity contribution in [3.8, 4) is 0 Å². The van der Waals surface area contributed by atoms with E-state index in [1.165, 1.54) is 0 Å². The van der Waals surface area contributed by atoms with Gasteiger partial charge < -0.3 is 24.4 Å². The molecule has 0 spiro atoms. The number of fused-ring (bicyclic) bond motifs is 1. The molecule has 0 bridgehead atoms. The van der Waals surface area contributed by atoms with Gasteiger partial charge in [-0.3, -0.25) is 4.18 Å². The van der Waals surface area contributed by atoms with Gasteiger partial charge in [0.15, 0.2) is 5.79 Å². The Balaban J connectivity index is 2.23. The Bertz CT molecular complexity index is 451. The monoisotopic (exact) mass is 299 g/mol. The van der Waals surface area contributed by atoms with Gasteiger partial charge in [0.1, 0.15) is 24.9 Å². The highest BCUT2D eigenvalue weighted by Crippen LogP contribution is 2.42. The number of ether oxygens (including phenoxy) is 3. The average Bonchev–Trinajstić information content (AvgIpc) is 2.53. The van der Waals surface area contributed by atoms with Crippen LogP contribution in [0.1, 0.15) is 13.8 Å². The van der Waals surface area contributed by atoms with E-state index in [2.05, 4.69) is 4.18 Å². The Kier molecular flexibility index (Phi) is 3.65. The molecule has 0 radical (unpaired) electrons. The van der Waals surface area contributed by atoms with E-state index in [9.17, 15) is 18.6 Å². The van der Waals surface area contributed by atoms with Gasteiger partial charge in [-0.1, -0.05) is 0 Å². The first-order chi connectivity index (χ1) is 8.55. The van der Waals surface area contributed by atoms with Crippen LogP contribution >= 0.6 is 0 Å². The summed E-state index contributed by atoms with van der Waals surface area (Å²) in [6.07, 6.45) is -3.54. The zero-order chi connectivity index (χ0) is 14.5. The summed E-state index contributed by atoms with van der Waals surface area (Å²) in [5.41, 5.74) is 0. The summed E-state index contributed by atoms with van der Waals surface area (Å²) in [5.74, 6) is -2.76. The molecule has 9 nitrogen and oxygen atoms in total. The first-order valence-corrected chi connectivity index (χ1v) is 7.07. The summed E-state index contributed by atoms with van der Waals surface area (Å²) in [6.45, 7) is 2.30. The van der Waals surface area contributed by atoms with E-state index >= 15 is 0 Å². The Morgan fingerprint density at radius 3 is 2.63 bits per heavy atom. The first-order valence-electron chi connectivity index (χ1n) is 5.60. The number of aliphatic hydroxyl groups excluding tert-OH is 2. The van der Waals surface area contributed by atoms with Gasteiger partial charge in [0, 0.05) is 0 Å². The third kappa shape index (κ3) is 3.06. The lowest BCUT2D eigenvalue weighted by molar-refractivity contribution is -0.301. The van der Waals surface area contributed by atoms with Crippen molar-refractivity contribution in [3.05, 3.63) is 0 Å². The van der Waals surface area contributed by atoms with Gasteiger partial charge in [0.2, 0.25) is 5.79 Å². The van der Waals surface area contributed by atoms with Crippen LogP contribution in [0.4, 0.5) is 0 Å². The van der Waals surface area contributed by atoms with Gasteiger partial charge in [-0.25, -0.2) is 5.14 Å². The second-order valence-corrected chi connectivity index (χ2v) is 6.20. The van der Waals surface area contributed by atoms with E-state index in [0.717, 1.165) is 0 Å². The molecule has 2 heterocycles. The minimum Gasteiger partial charge on any atom is -0.388 e. The number of nitrogens with two attached hydrogens (primary N) is 1. The lowest BCUT2D eigenvalue weighted by atomic mass is 9.98. The Morgan fingerprint density at radius 2 is 2.05 bits per heavy atom. The summed E-state index contributed by atoms with van der Waals surface area (Å²) >= 11 is 0. The van der Waals surface area contributed by atoms with Crippen molar-refractivity contribution >= 4 is 10.3 Å². The highest BCUT2D eigenvalue weighted by molar-refractivity contribution is 7.84. The van der Waals surface area contributed by atoms with Crippen LogP contribution in [0.5, 0.6) is 0 Å². The molecule has 4 N–H and O–H groups in total. The molecule has 0 aromatic carbocycles. The summed E-state index contributed by atoms with van der Waals surface area (Å²) in [4.78, 5) is 0. The second-order valence-electron chi connectivity index (χ2n) is 4.98. The molecule has 10 heteroatoms. The first kappa shape index (κ1) is 15.1. The van der Waals surface area contributed by atoms with Gasteiger partial charge in [0.05, 0.1) is 6.61 Å². The second kappa shape index (κ2) is 4.60. The molecular formula is C9H17NO8S. The van der Waals surface area contributed by atoms with Crippen molar-refractivity contribution in [1.29, 1.82) is 0 Å². The summed E-state index contributed by atoms with van der Waals surface area (Å²) in [7, 11) is -4.20. The largest absolute Gasteiger partial charge is 0.388 e. The predicted octanol–water partition coefficient (Wildman–Crippen LogP) is -2.19. The predicted molar refractivity (Wildman–Crippen MR) is 59.8 cm³/mol. The van der Waals surface area contributed by atoms with Crippen LogP contribution in [0.15, 0.2) is 0 Å². The molecule has 2 rings (SSSR count). The normalized spacial score (nSPS) is 42.1. The van der Waals surface area contributed by atoms with Gasteiger partial charge >= 0.3 is 10.3 Å². The quantitative estimate of drug-likeness (QED) is 0.534. The van der Waals surface area contributed by atoms with Crippen molar-refractivity contribution in [2.75, 3.05) is 13.2 Å². The molecule has 0 aromatic rings. The van der Waals surface area contributed by atoms with Gasteiger partial charge in [-0.2, -0.15) is 8.42 Å². The van der Waals surface area contributed by atoms with E-state index in [1.54, 1.807) is 13.8 Å². The van der Waals surface area contributed by atoms with E-state index in [1.807, 2.05) is 0 Å².